The number of ether oxygens (including phenoxy) is 1. The monoisotopic (exact) mass is 442 g/mol. The number of nitrogens with one attached hydrogen (secondary N) is 2. The van der Waals surface area contributed by atoms with E-state index in [4.69, 9.17) is 9.53 Å². The number of nitrogens with zero attached hydrogens (tertiary/aromatic N) is 2. The average Bonchev–Trinajstić information content (AvgIpc) is 3.57. The van der Waals surface area contributed by atoms with Crippen molar-refractivity contribution in [1.29, 1.82) is 0 Å². The minimum atomic E-state index is -4.44. The first-order valence-electron chi connectivity index (χ1n) is 9.67. The summed E-state index contributed by atoms with van der Waals surface area (Å²) < 4.78 is 41.6. The maximum atomic E-state index is 12.5. The lowest BCUT2D eigenvalue weighted by Gasteiger charge is -2.16. The first-order chi connectivity index (χ1) is 14.7. The molecule has 1 unspecified atom stereocenters. The smallest absolute Gasteiger partial charge is 0.422 e. The SMILES string of the molecule is C=O.Cc1cc(C(=O)NC(C)c2ccnc(NCC3CC3)c2)ncc1OCC(F)(F)F.[HH].[HH]. The van der Waals surface area contributed by atoms with Crippen molar-refractivity contribution in [2.24, 2.45) is 5.92 Å². The largest absolute Gasteiger partial charge is 0.482 e. The van der Waals surface area contributed by atoms with Gasteiger partial charge in [0.25, 0.3) is 5.91 Å². The number of anilines is 1. The number of pyridine rings is 2. The fraction of sp³-hybridized carbons (Fsp3) is 0.429. The molecule has 1 aliphatic rings. The van der Waals surface area contributed by atoms with Gasteiger partial charge in [-0.2, -0.15) is 13.2 Å². The molecule has 1 amide bonds. The second-order valence-corrected chi connectivity index (χ2v) is 7.23. The highest BCUT2D eigenvalue weighted by Gasteiger charge is 2.29. The maximum Gasteiger partial charge on any atom is 0.422 e. The number of carbonyl (C=O) groups excluding carboxylic acids is 2. The van der Waals surface area contributed by atoms with Gasteiger partial charge in [-0.15, -0.1) is 0 Å². The van der Waals surface area contributed by atoms with Crippen LogP contribution in [0.15, 0.2) is 30.6 Å². The molecule has 0 aromatic carbocycles. The van der Waals surface area contributed by atoms with Crippen LogP contribution in [0.2, 0.25) is 0 Å². The summed E-state index contributed by atoms with van der Waals surface area (Å²) in [6.07, 6.45) is 0.863. The van der Waals surface area contributed by atoms with E-state index in [0.29, 0.717) is 5.56 Å². The number of hydrogen-bond acceptors (Lipinski definition) is 6. The van der Waals surface area contributed by atoms with Crippen LogP contribution in [0.3, 0.4) is 0 Å². The Labute approximate surface area is 181 Å². The molecular weight excluding hydrogens is 413 g/mol. The Balaban J connectivity index is 0.00000249. The maximum absolute atomic E-state index is 12.5. The van der Waals surface area contributed by atoms with Crippen LogP contribution in [-0.4, -0.2) is 42.0 Å². The molecule has 1 fully saturated rings. The van der Waals surface area contributed by atoms with Crippen molar-refractivity contribution in [3.05, 3.63) is 47.4 Å². The zero-order valence-corrected chi connectivity index (χ0v) is 17.3. The molecule has 0 radical (unpaired) electrons. The van der Waals surface area contributed by atoms with Gasteiger partial charge in [-0.25, -0.2) is 9.97 Å². The van der Waals surface area contributed by atoms with Crippen LogP contribution < -0.4 is 15.4 Å². The first kappa shape index (κ1) is 24.1. The van der Waals surface area contributed by atoms with Gasteiger partial charge in [0.15, 0.2) is 6.61 Å². The molecule has 1 aliphatic carbocycles. The fourth-order valence-corrected chi connectivity index (χ4v) is 2.72. The van der Waals surface area contributed by atoms with E-state index >= 15 is 0 Å². The van der Waals surface area contributed by atoms with Gasteiger partial charge < -0.3 is 20.2 Å². The number of alkyl halides is 3. The number of halogens is 3. The molecule has 1 atom stereocenters. The van der Waals surface area contributed by atoms with Crippen molar-refractivity contribution in [3.8, 4) is 5.75 Å². The minimum Gasteiger partial charge on any atom is -0.482 e. The summed E-state index contributed by atoms with van der Waals surface area (Å²) in [5, 5.41) is 6.13. The Hall–Kier alpha value is -3.17. The van der Waals surface area contributed by atoms with E-state index in [2.05, 4.69) is 20.6 Å². The minimum absolute atomic E-state index is 0. The lowest BCUT2D eigenvalue weighted by atomic mass is 10.1. The number of amides is 1. The van der Waals surface area contributed by atoms with Crippen molar-refractivity contribution in [1.82, 2.24) is 15.3 Å². The van der Waals surface area contributed by atoms with Crippen LogP contribution >= 0.6 is 0 Å². The molecule has 1 saturated carbocycles. The predicted molar refractivity (Wildman–Crippen MR) is 113 cm³/mol. The van der Waals surface area contributed by atoms with Gasteiger partial charge in [0.1, 0.15) is 24.1 Å². The third-order valence-electron chi connectivity index (χ3n) is 4.59. The quantitative estimate of drug-likeness (QED) is 0.632. The number of aromatic nitrogens is 2. The number of carbonyl (C=O) groups is 2. The summed E-state index contributed by atoms with van der Waals surface area (Å²) in [4.78, 5) is 28.7. The van der Waals surface area contributed by atoms with Gasteiger partial charge in [0.05, 0.1) is 12.2 Å². The molecule has 2 N–H and O–H groups in total. The van der Waals surface area contributed by atoms with Crippen molar-refractivity contribution in [2.75, 3.05) is 18.5 Å². The molecule has 2 aromatic rings. The Morgan fingerprint density at radius 1 is 1.32 bits per heavy atom. The van der Waals surface area contributed by atoms with Gasteiger partial charge >= 0.3 is 6.18 Å². The normalized spacial score (nSPS) is 14.1. The molecule has 172 valence electrons. The van der Waals surface area contributed by atoms with Crippen LogP contribution in [0.1, 0.15) is 50.3 Å². The predicted octanol–water partition coefficient (Wildman–Crippen LogP) is 4.35. The van der Waals surface area contributed by atoms with E-state index in [-0.39, 0.29) is 20.3 Å². The van der Waals surface area contributed by atoms with Gasteiger partial charge in [-0.05, 0) is 61.9 Å². The van der Waals surface area contributed by atoms with Gasteiger partial charge in [0, 0.05) is 15.6 Å². The molecule has 31 heavy (non-hydrogen) atoms. The van der Waals surface area contributed by atoms with E-state index < -0.39 is 18.7 Å². The van der Waals surface area contributed by atoms with Crippen LogP contribution in [0.4, 0.5) is 19.0 Å². The second-order valence-electron chi connectivity index (χ2n) is 7.23. The second kappa shape index (κ2) is 10.7. The summed E-state index contributed by atoms with van der Waals surface area (Å²) in [5.41, 5.74) is 1.39. The molecule has 10 heteroatoms. The number of hydrogen-bond donors (Lipinski definition) is 2. The van der Waals surface area contributed by atoms with Crippen molar-refractivity contribution < 1.29 is 30.4 Å². The Kier molecular flexibility index (Phi) is 8.35. The van der Waals surface area contributed by atoms with Crippen molar-refractivity contribution >= 4 is 18.5 Å². The molecule has 0 bridgehead atoms. The van der Waals surface area contributed by atoms with Crippen molar-refractivity contribution in [3.63, 3.8) is 0 Å². The standard InChI is InChI=1S/C20H23F3N4O2.CH2O.2H2/c1-12-7-16(25-10-17(12)29-11-20(21,22)23)19(28)27-13(2)15-5-6-24-18(8-15)26-9-14-3-4-14;1-2;;/h5-8,10,13-14H,3-4,9,11H2,1-2H3,(H,24,26)(H,27,28);1H2;2*1H. The number of rotatable bonds is 8. The third-order valence-corrected chi connectivity index (χ3v) is 4.59. The highest BCUT2D eigenvalue weighted by molar-refractivity contribution is 5.92. The summed E-state index contributed by atoms with van der Waals surface area (Å²) in [6.45, 7) is 4.89. The van der Waals surface area contributed by atoms with Crippen LogP contribution in [-0.2, 0) is 4.79 Å². The zero-order chi connectivity index (χ0) is 23.0. The highest BCUT2D eigenvalue weighted by atomic mass is 19.4. The first-order valence-corrected chi connectivity index (χ1v) is 9.67. The van der Waals surface area contributed by atoms with E-state index in [0.717, 1.165) is 30.0 Å². The highest BCUT2D eigenvalue weighted by Crippen LogP contribution is 2.29. The van der Waals surface area contributed by atoms with Crippen molar-refractivity contribution in [2.45, 2.75) is 38.9 Å². The van der Waals surface area contributed by atoms with Crippen LogP contribution in [0.5, 0.6) is 5.75 Å². The molecule has 0 aliphatic heterocycles. The molecule has 0 spiro atoms. The molecule has 7 nitrogen and oxygen atoms in total. The zero-order valence-electron chi connectivity index (χ0n) is 17.3. The summed E-state index contributed by atoms with van der Waals surface area (Å²) in [7, 11) is 0. The van der Waals surface area contributed by atoms with Gasteiger partial charge in [0.2, 0.25) is 0 Å². The van der Waals surface area contributed by atoms with Crippen LogP contribution in [0.25, 0.3) is 0 Å². The lowest BCUT2D eigenvalue weighted by Crippen LogP contribution is -2.27. The van der Waals surface area contributed by atoms with E-state index in [1.54, 1.807) is 13.1 Å². The van der Waals surface area contributed by atoms with Crippen LogP contribution in [0, 0.1) is 12.8 Å². The molecule has 3 rings (SSSR count). The fourth-order valence-electron chi connectivity index (χ4n) is 2.72. The Morgan fingerprint density at radius 2 is 2.03 bits per heavy atom. The number of aryl methyl sites for hydroxylation is 1. The Bertz CT molecular complexity index is 899. The molecule has 0 saturated heterocycles. The van der Waals surface area contributed by atoms with Gasteiger partial charge in [-0.1, -0.05) is 0 Å². The molecular formula is C21H29F3N4O3. The lowest BCUT2D eigenvalue weighted by molar-refractivity contribution is -0.153. The molecule has 2 aromatic heterocycles. The Morgan fingerprint density at radius 3 is 2.65 bits per heavy atom. The van der Waals surface area contributed by atoms with E-state index in [9.17, 15) is 18.0 Å². The topological polar surface area (TPSA) is 93.2 Å². The summed E-state index contributed by atoms with van der Waals surface area (Å²) in [5.74, 6) is 1.05. The van der Waals surface area contributed by atoms with Gasteiger partial charge in [-0.3, -0.25) is 4.79 Å². The average molecular weight is 442 g/mol. The molecule has 2 heterocycles. The summed E-state index contributed by atoms with van der Waals surface area (Å²) in [6, 6.07) is 4.82. The van der Waals surface area contributed by atoms with E-state index in [1.165, 1.54) is 18.9 Å². The third kappa shape index (κ3) is 7.88. The van der Waals surface area contributed by atoms with E-state index in [1.807, 2.05) is 25.8 Å². The summed E-state index contributed by atoms with van der Waals surface area (Å²) >= 11 is 0.